The molecule has 2 heterocycles. The average Bonchev–Trinajstić information content (AvgIpc) is 3.05. The number of aryl methyl sites for hydroxylation is 2. The van der Waals surface area contributed by atoms with E-state index < -0.39 is 0 Å². The molecule has 1 aromatic carbocycles. The van der Waals surface area contributed by atoms with Gasteiger partial charge < -0.3 is 4.52 Å². The molecule has 0 aliphatic carbocycles. The lowest BCUT2D eigenvalue weighted by molar-refractivity contribution is 0.334. The Labute approximate surface area is 148 Å². The van der Waals surface area contributed by atoms with Gasteiger partial charge in [0.15, 0.2) is 0 Å². The van der Waals surface area contributed by atoms with Crippen LogP contribution in [0.5, 0.6) is 0 Å². The highest BCUT2D eigenvalue weighted by Crippen LogP contribution is 2.23. The summed E-state index contributed by atoms with van der Waals surface area (Å²) in [5, 5.41) is 7.61. The second-order valence-electron chi connectivity index (χ2n) is 6.69. The summed E-state index contributed by atoms with van der Waals surface area (Å²) in [4.78, 5) is 9.05. The van der Waals surface area contributed by atoms with Gasteiger partial charge in [-0.2, -0.15) is 4.98 Å². The molecule has 0 bridgehead atoms. The topological polar surface area (TPSA) is 63.8 Å². The molecule has 1 atom stereocenters. The Bertz CT molecular complexity index is 841. The maximum atomic E-state index is 5.41. The summed E-state index contributed by atoms with van der Waals surface area (Å²) in [6.45, 7) is 9.00. The molecule has 0 radical (unpaired) electrons. The number of hydrogen-bond acceptors (Lipinski definition) is 5. The zero-order valence-corrected chi connectivity index (χ0v) is 15.2. The van der Waals surface area contributed by atoms with Crippen LogP contribution >= 0.6 is 0 Å². The zero-order chi connectivity index (χ0) is 17.8. The normalized spacial score (nSPS) is 12.5. The first-order chi connectivity index (χ1) is 12.0. The minimum Gasteiger partial charge on any atom is -0.338 e. The monoisotopic (exact) mass is 336 g/mol. The Kier molecular flexibility index (Phi) is 5.24. The van der Waals surface area contributed by atoms with Crippen LogP contribution in [0.4, 0.5) is 0 Å². The molecule has 0 aliphatic rings. The standard InChI is InChI=1S/C20H24N4O/c1-13(2)18(19-15(4)8-6-10-21-19)22-12-17-23-20(24-25-17)16-9-5-7-14(3)11-16/h5-11,13,18,22H,12H2,1-4H3/t18-/m1/s1. The van der Waals surface area contributed by atoms with Crippen molar-refractivity contribution in [2.75, 3.05) is 0 Å². The molecule has 0 saturated heterocycles. The molecule has 0 amide bonds. The first-order valence-electron chi connectivity index (χ1n) is 8.59. The molecule has 0 aliphatic heterocycles. The van der Waals surface area contributed by atoms with Crippen molar-refractivity contribution >= 4 is 0 Å². The van der Waals surface area contributed by atoms with Gasteiger partial charge in [0.25, 0.3) is 0 Å². The van der Waals surface area contributed by atoms with Crippen LogP contribution in [-0.4, -0.2) is 15.1 Å². The third kappa shape index (κ3) is 4.12. The number of pyridine rings is 1. The van der Waals surface area contributed by atoms with Gasteiger partial charge in [-0.15, -0.1) is 0 Å². The molecule has 5 nitrogen and oxygen atoms in total. The van der Waals surface area contributed by atoms with Crippen LogP contribution in [0, 0.1) is 19.8 Å². The number of hydrogen-bond donors (Lipinski definition) is 1. The molecular weight excluding hydrogens is 312 g/mol. The largest absolute Gasteiger partial charge is 0.338 e. The SMILES string of the molecule is Cc1cccc(-c2noc(CN[C@@H](c3ncccc3C)C(C)C)n2)c1. The van der Waals surface area contributed by atoms with E-state index in [4.69, 9.17) is 4.52 Å². The quantitative estimate of drug-likeness (QED) is 0.729. The Hall–Kier alpha value is -2.53. The molecule has 0 fully saturated rings. The third-order valence-corrected chi connectivity index (χ3v) is 4.23. The summed E-state index contributed by atoms with van der Waals surface area (Å²) in [5.74, 6) is 1.60. The summed E-state index contributed by atoms with van der Waals surface area (Å²) in [6, 6.07) is 12.3. The van der Waals surface area contributed by atoms with Crippen LogP contribution in [0.15, 0.2) is 47.1 Å². The van der Waals surface area contributed by atoms with Gasteiger partial charge in [0, 0.05) is 11.8 Å². The van der Waals surface area contributed by atoms with Crippen LogP contribution in [0.1, 0.15) is 42.6 Å². The van der Waals surface area contributed by atoms with Gasteiger partial charge >= 0.3 is 0 Å². The number of rotatable bonds is 6. The van der Waals surface area contributed by atoms with Gasteiger partial charge in [-0.25, -0.2) is 0 Å². The Balaban J connectivity index is 1.73. The van der Waals surface area contributed by atoms with Crippen LogP contribution < -0.4 is 5.32 Å². The average molecular weight is 336 g/mol. The first-order valence-corrected chi connectivity index (χ1v) is 8.59. The van der Waals surface area contributed by atoms with E-state index >= 15 is 0 Å². The van der Waals surface area contributed by atoms with Gasteiger partial charge in [0.1, 0.15) is 0 Å². The van der Waals surface area contributed by atoms with Crippen LogP contribution in [-0.2, 0) is 6.54 Å². The lowest BCUT2D eigenvalue weighted by atomic mass is 9.97. The Morgan fingerprint density at radius 1 is 1.12 bits per heavy atom. The summed E-state index contributed by atoms with van der Waals surface area (Å²) in [6.07, 6.45) is 1.84. The molecule has 1 N–H and O–H groups in total. The van der Waals surface area contributed by atoms with Crippen LogP contribution in [0.25, 0.3) is 11.4 Å². The predicted molar refractivity (Wildman–Crippen MR) is 97.9 cm³/mol. The van der Waals surface area contributed by atoms with Crippen LogP contribution in [0.3, 0.4) is 0 Å². The van der Waals surface area contributed by atoms with Crippen molar-refractivity contribution < 1.29 is 4.52 Å². The predicted octanol–water partition coefficient (Wildman–Crippen LogP) is 4.24. The number of nitrogens with zero attached hydrogens (tertiary/aromatic N) is 3. The van der Waals surface area contributed by atoms with Crippen LogP contribution in [0.2, 0.25) is 0 Å². The Morgan fingerprint density at radius 3 is 2.68 bits per heavy atom. The van der Waals surface area contributed by atoms with E-state index in [-0.39, 0.29) is 6.04 Å². The highest BCUT2D eigenvalue weighted by atomic mass is 16.5. The summed E-state index contributed by atoms with van der Waals surface area (Å²) in [5.41, 5.74) is 4.39. The highest BCUT2D eigenvalue weighted by Gasteiger charge is 2.19. The Morgan fingerprint density at radius 2 is 1.96 bits per heavy atom. The molecule has 3 rings (SSSR count). The first kappa shape index (κ1) is 17.3. The fourth-order valence-electron chi connectivity index (χ4n) is 2.90. The van der Waals surface area contributed by atoms with Gasteiger partial charge in [-0.05, 0) is 37.5 Å². The van der Waals surface area contributed by atoms with E-state index in [9.17, 15) is 0 Å². The maximum absolute atomic E-state index is 5.41. The maximum Gasteiger partial charge on any atom is 0.240 e. The summed E-state index contributed by atoms with van der Waals surface area (Å²) in [7, 11) is 0. The molecule has 3 aromatic rings. The number of aromatic nitrogens is 3. The minimum absolute atomic E-state index is 0.135. The van der Waals surface area contributed by atoms with Gasteiger partial charge in [0.2, 0.25) is 11.7 Å². The molecule has 130 valence electrons. The van der Waals surface area contributed by atoms with Crippen molar-refractivity contribution in [1.29, 1.82) is 0 Å². The van der Waals surface area contributed by atoms with Crippen molar-refractivity contribution in [3.8, 4) is 11.4 Å². The molecular formula is C20H24N4O. The fraction of sp³-hybridized carbons (Fsp3) is 0.350. The van der Waals surface area contributed by atoms with Gasteiger partial charge in [0.05, 0.1) is 18.3 Å². The summed E-state index contributed by atoms with van der Waals surface area (Å²) >= 11 is 0. The van der Waals surface area contributed by atoms with Crippen molar-refractivity contribution in [2.24, 2.45) is 5.92 Å². The lowest BCUT2D eigenvalue weighted by Crippen LogP contribution is -2.27. The van der Waals surface area contributed by atoms with Crippen molar-refractivity contribution in [3.05, 3.63) is 65.3 Å². The van der Waals surface area contributed by atoms with Crippen molar-refractivity contribution in [2.45, 2.75) is 40.3 Å². The third-order valence-electron chi connectivity index (χ3n) is 4.23. The minimum atomic E-state index is 0.135. The fourth-order valence-corrected chi connectivity index (χ4v) is 2.90. The lowest BCUT2D eigenvalue weighted by Gasteiger charge is -2.22. The zero-order valence-electron chi connectivity index (χ0n) is 15.2. The van der Waals surface area contributed by atoms with Crippen molar-refractivity contribution in [1.82, 2.24) is 20.4 Å². The van der Waals surface area contributed by atoms with Gasteiger partial charge in [-0.3, -0.25) is 10.3 Å². The second kappa shape index (κ2) is 7.57. The van der Waals surface area contributed by atoms with E-state index in [0.29, 0.717) is 24.2 Å². The molecule has 5 heteroatoms. The highest BCUT2D eigenvalue weighted by molar-refractivity contribution is 5.55. The molecule has 0 spiro atoms. The van der Waals surface area contributed by atoms with E-state index in [2.05, 4.69) is 66.3 Å². The molecule has 25 heavy (non-hydrogen) atoms. The molecule has 2 aromatic heterocycles. The number of nitrogens with one attached hydrogen (secondary N) is 1. The van der Waals surface area contributed by atoms with E-state index in [1.807, 2.05) is 24.4 Å². The second-order valence-corrected chi connectivity index (χ2v) is 6.69. The molecule has 0 saturated carbocycles. The molecule has 0 unspecified atom stereocenters. The number of benzene rings is 1. The smallest absolute Gasteiger partial charge is 0.240 e. The van der Waals surface area contributed by atoms with Crippen molar-refractivity contribution in [3.63, 3.8) is 0 Å². The van der Waals surface area contributed by atoms with Gasteiger partial charge in [-0.1, -0.05) is 48.8 Å². The van der Waals surface area contributed by atoms with E-state index in [1.165, 1.54) is 11.1 Å². The van der Waals surface area contributed by atoms with E-state index in [1.54, 1.807) is 0 Å². The summed E-state index contributed by atoms with van der Waals surface area (Å²) < 4.78 is 5.41. The van der Waals surface area contributed by atoms with E-state index in [0.717, 1.165) is 11.3 Å².